The molecule has 100 valence electrons. The van der Waals surface area contributed by atoms with E-state index in [-0.39, 0.29) is 11.3 Å². The van der Waals surface area contributed by atoms with Gasteiger partial charge in [0.15, 0.2) is 0 Å². The number of rotatable bonds is 3. The minimum absolute atomic E-state index is 0.0342. The molecular formula is C14H23N3O. The van der Waals surface area contributed by atoms with Crippen molar-refractivity contribution in [1.29, 1.82) is 0 Å². The highest BCUT2D eigenvalue weighted by molar-refractivity contribution is 5.94. The summed E-state index contributed by atoms with van der Waals surface area (Å²) in [5.74, 6) is 0.759. The maximum atomic E-state index is 12.3. The Labute approximate surface area is 109 Å². The van der Waals surface area contributed by atoms with Crippen LogP contribution >= 0.6 is 0 Å². The third kappa shape index (κ3) is 4.02. The normalized spacial score (nSPS) is 11.2. The second-order valence-corrected chi connectivity index (χ2v) is 5.85. The maximum Gasteiger partial charge on any atom is 0.253 e. The molecule has 1 amide bonds. The van der Waals surface area contributed by atoms with Crippen LogP contribution in [-0.4, -0.2) is 36.4 Å². The van der Waals surface area contributed by atoms with Gasteiger partial charge in [0.25, 0.3) is 5.91 Å². The Balaban J connectivity index is 2.93. The van der Waals surface area contributed by atoms with Gasteiger partial charge in [-0.1, -0.05) is 20.8 Å². The average Bonchev–Trinajstić information content (AvgIpc) is 2.24. The first-order chi connectivity index (χ1) is 8.23. The molecule has 18 heavy (non-hydrogen) atoms. The predicted molar refractivity (Wildman–Crippen MR) is 74.9 cm³/mol. The van der Waals surface area contributed by atoms with Crippen LogP contribution in [0.25, 0.3) is 0 Å². The molecule has 0 aliphatic heterocycles. The Morgan fingerprint density at radius 2 is 2.00 bits per heavy atom. The van der Waals surface area contributed by atoms with Gasteiger partial charge in [-0.05, 0) is 24.5 Å². The molecule has 0 spiro atoms. The molecule has 4 heteroatoms. The van der Waals surface area contributed by atoms with Crippen molar-refractivity contribution >= 4 is 11.7 Å². The Morgan fingerprint density at radius 3 is 2.50 bits per heavy atom. The molecule has 1 rings (SSSR count). The smallest absolute Gasteiger partial charge is 0.253 e. The standard InChI is InChI=1S/C14H23N3O/c1-10-7-11(8-12(15-5)16-10)13(18)17(6)9-14(2,3)4/h7-8H,9H2,1-6H3,(H,15,16). The SMILES string of the molecule is CNc1cc(C(=O)N(C)CC(C)(C)C)cc(C)n1. The largest absolute Gasteiger partial charge is 0.373 e. The van der Waals surface area contributed by atoms with Crippen molar-refractivity contribution in [2.75, 3.05) is 26.0 Å². The number of nitrogens with one attached hydrogen (secondary N) is 1. The second kappa shape index (κ2) is 5.38. The molecule has 0 atom stereocenters. The fourth-order valence-corrected chi connectivity index (χ4v) is 1.92. The van der Waals surface area contributed by atoms with Gasteiger partial charge < -0.3 is 10.2 Å². The first kappa shape index (κ1) is 14.5. The molecule has 4 nitrogen and oxygen atoms in total. The average molecular weight is 249 g/mol. The lowest BCUT2D eigenvalue weighted by atomic mass is 9.96. The zero-order valence-electron chi connectivity index (χ0n) is 12.2. The number of carbonyl (C=O) groups excluding carboxylic acids is 1. The van der Waals surface area contributed by atoms with Gasteiger partial charge >= 0.3 is 0 Å². The van der Waals surface area contributed by atoms with Gasteiger partial charge in [0.2, 0.25) is 0 Å². The van der Waals surface area contributed by atoms with Gasteiger partial charge in [-0.25, -0.2) is 4.98 Å². The molecule has 1 aromatic rings. The van der Waals surface area contributed by atoms with Crippen LogP contribution < -0.4 is 5.32 Å². The number of pyridine rings is 1. The quantitative estimate of drug-likeness (QED) is 0.895. The number of nitrogens with zero attached hydrogens (tertiary/aromatic N) is 2. The van der Waals surface area contributed by atoms with Gasteiger partial charge in [0.05, 0.1) is 0 Å². The Bertz CT molecular complexity index is 435. The molecule has 0 saturated carbocycles. The van der Waals surface area contributed by atoms with E-state index in [4.69, 9.17) is 0 Å². The summed E-state index contributed by atoms with van der Waals surface area (Å²) in [4.78, 5) is 18.4. The van der Waals surface area contributed by atoms with Gasteiger partial charge in [0, 0.05) is 31.9 Å². The van der Waals surface area contributed by atoms with Gasteiger partial charge in [-0.15, -0.1) is 0 Å². The van der Waals surface area contributed by atoms with Crippen LogP contribution in [0.1, 0.15) is 36.8 Å². The van der Waals surface area contributed by atoms with Crippen molar-refractivity contribution in [3.63, 3.8) is 0 Å². The highest BCUT2D eigenvalue weighted by atomic mass is 16.2. The molecule has 0 unspecified atom stereocenters. The molecule has 0 aliphatic rings. The minimum Gasteiger partial charge on any atom is -0.373 e. The lowest BCUT2D eigenvalue weighted by Gasteiger charge is -2.26. The highest BCUT2D eigenvalue weighted by Gasteiger charge is 2.19. The zero-order chi connectivity index (χ0) is 13.9. The molecule has 1 N–H and O–H groups in total. The van der Waals surface area contributed by atoms with Crippen molar-refractivity contribution in [1.82, 2.24) is 9.88 Å². The Kier molecular flexibility index (Phi) is 4.33. The van der Waals surface area contributed by atoms with Crippen molar-refractivity contribution in [2.24, 2.45) is 5.41 Å². The summed E-state index contributed by atoms with van der Waals surface area (Å²) in [6, 6.07) is 3.61. The van der Waals surface area contributed by atoms with Crippen molar-refractivity contribution in [2.45, 2.75) is 27.7 Å². The van der Waals surface area contributed by atoms with Crippen LogP contribution in [-0.2, 0) is 0 Å². The van der Waals surface area contributed by atoms with Crippen molar-refractivity contribution in [3.05, 3.63) is 23.4 Å². The summed E-state index contributed by atoms with van der Waals surface area (Å²) in [6.45, 7) is 8.97. The number of anilines is 1. The van der Waals surface area contributed by atoms with Crippen molar-refractivity contribution in [3.8, 4) is 0 Å². The molecule has 0 bridgehead atoms. The number of hydrogen-bond donors (Lipinski definition) is 1. The molecule has 0 fully saturated rings. The van der Waals surface area contributed by atoms with Crippen LogP contribution in [0.4, 0.5) is 5.82 Å². The number of amides is 1. The number of carbonyl (C=O) groups is 1. The van der Waals surface area contributed by atoms with E-state index in [1.165, 1.54) is 0 Å². The predicted octanol–water partition coefficient (Wildman–Crippen LogP) is 2.55. The second-order valence-electron chi connectivity index (χ2n) is 5.85. The monoisotopic (exact) mass is 249 g/mol. The van der Waals surface area contributed by atoms with Crippen LogP contribution in [0, 0.1) is 12.3 Å². The lowest BCUT2D eigenvalue weighted by Crippen LogP contribution is -2.34. The van der Waals surface area contributed by atoms with Gasteiger partial charge in [0.1, 0.15) is 5.82 Å². The van der Waals surface area contributed by atoms with Crippen LogP contribution in [0.5, 0.6) is 0 Å². The Hall–Kier alpha value is -1.58. The van der Waals surface area contributed by atoms with Crippen LogP contribution in [0.2, 0.25) is 0 Å². The number of aryl methyl sites for hydroxylation is 1. The molecule has 0 aromatic carbocycles. The van der Waals surface area contributed by atoms with E-state index >= 15 is 0 Å². The van der Waals surface area contributed by atoms with Gasteiger partial charge in [-0.3, -0.25) is 4.79 Å². The molecule has 1 aromatic heterocycles. The topological polar surface area (TPSA) is 45.2 Å². The van der Waals surface area contributed by atoms with E-state index < -0.39 is 0 Å². The van der Waals surface area contributed by atoms with E-state index in [1.54, 1.807) is 18.0 Å². The molecule has 1 heterocycles. The zero-order valence-corrected chi connectivity index (χ0v) is 12.2. The van der Waals surface area contributed by atoms with E-state index in [0.717, 1.165) is 18.1 Å². The van der Waals surface area contributed by atoms with Crippen molar-refractivity contribution < 1.29 is 4.79 Å². The minimum atomic E-state index is 0.0342. The lowest BCUT2D eigenvalue weighted by molar-refractivity contribution is 0.0745. The first-order valence-electron chi connectivity index (χ1n) is 6.15. The first-order valence-corrected chi connectivity index (χ1v) is 6.15. The molecule has 0 radical (unpaired) electrons. The van der Waals surface area contributed by atoms with E-state index in [1.807, 2.05) is 20.0 Å². The van der Waals surface area contributed by atoms with Crippen LogP contribution in [0.15, 0.2) is 12.1 Å². The summed E-state index contributed by atoms with van der Waals surface area (Å²) >= 11 is 0. The third-order valence-electron chi connectivity index (χ3n) is 2.51. The number of hydrogen-bond acceptors (Lipinski definition) is 3. The molecule has 0 aliphatic carbocycles. The third-order valence-corrected chi connectivity index (χ3v) is 2.51. The van der Waals surface area contributed by atoms with Gasteiger partial charge in [-0.2, -0.15) is 0 Å². The summed E-state index contributed by atoms with van der Waals surface area (Å²) in [7, 11) is 3.64. The summed E-state index contributed by atoms with van der Waals surface area (Å²) in [6.07, 6.45) is 0. The summed E-state index contributed by atoms with van der Waals surface area (Å²) in [5.41, 5.74) is 1.62. The molecule has 0 saturated heterocycles. The van der Waals surface area contributed by atoms with E-state index in [0.29, 0.717) is 5.56 Å². The van der Waals surface area contributed by atoms with E-state index in [9.17, 15) is 4.79 Å². The fraction of sp³-hybridized carbons (Fsp3) is 0.571. The maximum absolute atomic E-state index is 12.3. The Morgan fingerprint density at radius 1 is 1.39 bits per heavy atom. The summed E-state index contributed by atoms with van der Waals surface area (Å²) < 4.78 is 0. The highest BCUT2D eigenvalue weighted by Crippen LogP contribution is 2.17. The number of aromatic nitrogens is 1. The molecular weight excluding hydrogens is 226 g/mol. The fourth-order valence-electron chi connectivity index (χ4n) is 1.92. The van der Waals surface area contributed by atoms with E-state index in [2.05, 4.69) is 31.1 Å². The van der Waals surface area contributed by atoms with Crippen LogP contribution in [0.3, 0.4) is 0 Å². The summed E-state index contributed by atoms with van der Waals surface area (Å²) in [5, 5.41) is 2.97.